The smallest absolute Gasteiger partial charge is 0.237 e. The van der Waals surface area contributed by atoms with Gasteiger partial charge in [-0.25, -0.2) is 9.37 Å². The van der Waals surface area contributed by atoms with E-state index in [9.17, 15) is 4.39 Å². The van der Waals surface area contributed by atoms with Crippen molar-refractivity contribution in [2.75, 3.05) is 14.2 Å². The number of hydrogen-bond donors (Lipinski definition) is 1. The zero-order chi connectivity index (χ0) is 13.8. The number of nitrogens with one attached hydrogen (secondary N) is 1. The van der Waals surface area contributed by atoms with Crippen LogP contribution in [0.15, 0.2) is 30.6 Å². The molecule has 19 heavy (non-hydrogen) atoms. The van der Waals surface area contributed by atoms with Crippen molar-refractivity contribution in [1.82, 2.24) is 15.3 Å². The fourth-order valence-corrected chi connectivity index (χ4v) is 2.06. The molecule has 0 aliphatic heterocycles. The first-order chi connectivity index (χ1) is 9.19. The van der Waals surface area contributed by atoms with E-state index in [4.69, 9.17) is 16.3 Å². The summed E-state index contributed by atoms with van der Waals surface area (Å²) in [7, 11) is 3.20. The summed E-state index contributed by atoms with van der Waals surface area (Å²) in [6.45, 7) is 0. The van der Waals surface area contributed by atoms with Crippen LogP contribution in [-0.2, 0) is 0 Å². The van der Waals surface area contributed by atoms with E-state index in [0.29, 0.717) is 17.1 Å². The lowest BCUT2D eigenvalue weighted by Crippen LogP contribution is -2.21. The van der Waals surface area contributed by atoms with Crippen molar-refractivity contribution in [3.8, 4) is 5.88 Å². The second-order valence-electron chi connectivity index (χ2n) is 3.82. The molecule has 4 nitrogen and oxygen atoms in total. The predicted molar refractivity (Wildman–Crippen MR) is 70.9 cm³/mol. The van der Waals surface area contributed by atoms with Gasteiger partial charge in [0.2, 0.25) is 5.88 Å². The molecule has 1 N–H and O–H groups in total. The summed E-state index contributed by atoms with van der Waals surface area (Å²) in [4.78, 5) is 8.27. The van der Waals surface area contributed by atoms with Crippen molar-refractivity contribution in [1.29, 1.82) is 0 Å². The van der Waals surface area contributed by atoms with Gasteiger partial charge in [0.25, 0.3) is 0 Å². The van der Waals surface area contributed by atoms with Gasteiger partial charge in [-0.1, -0.05) is 23.7 Å². The SMILES string of the molecule is CNC(c1cccc(Cl)c1F)c1nccnc1OC. The molecule has 0 saturated carbocycles. The maximum atomic E-state index is 14.1. The Morgan fingerprint density at radius 2 is 2.05 bits per heavy atom. The molecule has 2 aromatic rings. The first kappa shape index (κ1) is 13.7. The summed E-state index contributed by atoms with van der Waals surface area (Å²) < 4.78 is 19.2. The van der Waals surface area contributed by atoms with E-state index in [2.05, 4.69) is 15.3 Å². The van der Waals surface area contributed by atoms with Gasteiger partial charge < -0.3 is 10.1 Å². The van der Waals surface area contributed by atoms with Crippen molar-refractivity contribution >= 4 is 11.6 Å². The van der Waals surface area contributed by atoms with E-state index >= 15 is 0 Å². The van der Waals surface area contributed by atoms with Crippen LogP contribution < -0.4 is 10.1 Å². The van der Waals surface area contributed by atoms with Gasteiger partial charge in [-0.05, 0) is 13.1 Å². The number of rotatable bonds is 4. The third kappa shape index (κ3) is 2.67. The second kappa shape index (κ2) is 5.95. The molecule has 0 spiro atoms. The Morgan fingerprint density at radius 3 is 2.74 bits per heavy atom. The van der Waals surface area contributed by atoms with Gasteiger partial charge >= 0.3 is 0 Å². The third-order valence-corrected chi connectivity index (χ3v) is 3.03. The number of aromatic nitrogens is 2. The number of benzene rings is 1. The third-order valence-electron chi connectivity index (χ3n) is 2.74. The van der Waals surface area contributed by atoms with Crippen LogP contribution in [-0.4, -0.2) is 24.1 Å². The molecule has 0 fully saturated rings. The van der Waals surface area contributed by atoms with Gasteiger partial charge in [0.05, 0.1) is 18.2 Å². The Labute approximate surface area is 115 Å². The molecule has 2 rings (SSSR count). The quantitative estimate of drug-likeness (QED) is 0.936. The molecule has 1 atom stereocenters. The zero-order valence-electron chi connectivity index (χ0n) is 10.5. The topological polar surface area (TPSA) is 47.0 Å². The molecule has 100 valence electrons. The molecule has 1 aromatic heterocycles. The van der Waals surface area contributed by atoms with Gasteiger partial charge in [-0.3, -0.25) is 4.98 Å². The monoisotopic (exact) mass is 281 g/mol. The van der Waals surface area contributed by atoms with E-state index < -0.39 is 11.9 Å². The Morgan fingerprint density at radius 1 is 1.32 bits per heavy atom. The van der Waals surface area contributed by atoms with Crippen LogP contribution in [0.2, 0.25) is 5.02 Å². The lowest BCUT2D eigenvalue weighted by Gasteiger charge is -2.18. The standard InChI is InChI=1S/C13H13ClFN3O/c1-16-11(8-4-3-5-9(14)10(8)15)12-13(19-2)18-7-6-17-12/h3-7,11,16H,1-2H3. The molecule has 0 bridgehead atoms. The van der Waals surface area contributed by atoms with Crippen molar-refractivity contribution in [3.63, 3.8) is 0 Å². The molecule has 0 aliphatic carbocycles. The fraction of sp³-hybridized carbons (Fsp3) is 0.231. The highest BCUT2D eigenvalue weighted by atomic mass is 35.5. The zero-order valence-corrected chi connectivity index (χ0v) is 11.3. The summed E-state index contributed by atoms with van der Waals surface area (Å²) in [6.07, 6.45) is 3.05. The number of hydrogen-bond acceptors (Lipinski definition) is 4. The van der Waals surface area contributed by atoms with Crippen LogP contribution >= 0.6 is 11.6 Å². The minimum atomic E-state index is -0.484. The van der Waals surface area contributed by atoms with Gasteiger partial charge in [0.15, 0.2) is 0 Å². The average molecular weight is 282 g/mol. The predicted octanol–water partition coefficient (Wildman–Crippen LogP) is 2.59. The Bertz CT molecular complexity index is 580. The molecule has 0 radical (unpaired) electrons. The molecular weight excluding hydrogens is 269 g/mol. The van der Waals surface area contributed by atoms with Crippen LogP contribution in [0.5, 0.6) is 5.88 Å². The minimum absolute atomic E-state index is 0.0700. The van der Waals surface area contributed by atoms with Gasteiger partial charge in [-0.15, -0.1) is 0 Å². The largest absolute Gasteiger partial charge is 0.480 e. The summed E-state index contributed by atoms with van der Waals surface area (Å²) in [5.41, 5.74) is 0.905. The van der Waals surface area contributed by atoms with Crippen molar-refractivity contribution in [2.24, 2.45) is 0 Å². The fourth-order valence-electron chi connectivity index (χ4n) is 1.87. The normalized spacial score (nSPS) is 12.2. The molecule has 0 aliphatic rings. The molecule has 0 amide bonds. The van der Waals surface area contributed by atoms with E-state index in [1.807, 2.05) is 0 Å². The Balaban J connectivity index is 2.53. The van der Waals surface area contributed by atoms with E-state index in [1.165, 1.54) is 25.6 Å². The van der Waals surface area contributed by atoms with E-state index in [-0.39, 0.29) is 5.02 Å². The summed E-state index contributed by atoms with van der Waals surface area (Å²) in [5, 5.41) is 3.07. The van der Waals surface area contributed by atoms with Crippen LogP contribution in [0, 0.1) is 5.82 Å². The highest BCUT2D eigenvalue weighted by molar-refractivity contribution is 6.30. The first-order valence-corrected chi connectivity index (χ1v) is 6.03. The molecular formula is C13H13ClFN3O. The van der Waals surface area contributed by atoms with Crippen molar-refractivity contribution in [3.05, 3.63) is 52.7 Å². The summed E-state index contributed by atoms with van der Waals surface area (Å²) in [5.74, 6) is -0.127. The van der Waals surface area contributed by atoms with Crippen LogP contribution in [0.4, 0.5) is 4.39 Å². The highest BCUT2D eigenvalue weighted by Crippen LogP contribution is 2.30. The second-order valence-corrected chi connectivity index (χ2v) is 4.22. The Hall–Kier alpha value is -1.72. The minimum Gasteiger partial charge on any atom is -0.480 e. The van der Waals surface area contributed by atoms with Crippen molar-refractivity contribution in [2.45, 2.75) is 6.04 Å². The number of ether oxygens (including phenoxy) is 1. The van der Waals surface area contributed by atoms with Gasteiger partial charge in [0, 0.05) is 18.0 Å². The maximum Gasteiger partial charge on any atom is 0.237 e. The highest BCUT2D eigenvalue weighted by Gasteiger charge is 2.22. The number of methoxy groups -OCH3 is 1. The Kier molecular flexibility index (Phi) is 4.29. The van der Waals surface area contributed by atoms with Crippen molar-refractivity contribution < 1.29 is 9.13 Å². The number of nitrogens with zero attached hydrogens (tertiary/aromatic N) is 2. The van der Waals surface area contributed by atoms with E-state index in [0.717, 1.165) is 0 Å². The summed E-state index contributed by atoms with van der Waals surface area (Å²) in [6, 6.07) is 4.35. The molecule has 6 heteroatoms. The van der Waals surface area contributed by atoms with Crippen LogP contribution in [0.1, 0.15) is 17.3 Å². The van der Waals surface area contributed by atoms with E-state index in [1.54, 1.807) is 19.2 Å². The van der Waals surface area contributed by atoms with Crippen LogP contribution in [0.25, 0.3) is 0 Å². The average Bonchev–Trinajstić information content (AvgIpc) is 2.45. The lowest BCUT2D eigenvalue weighted by atomic mass is 10.0. The molecule has 1 aromatic carbocycles. The molecule has 1 heterocycles. The number of halogens is 2. The summed E-state index contributed by atoms with van der Waals surface area (Å²) >= 11 is 5.81. The van der Waals surface area contributed by atoms with Gasteiger partial charge in [0.1, 0.15) is 11.5 Å². The molecule has 1 unspecified atom stereocenters. The first-order valence-electron chi connectivity index (χ1n) is 5.65. The van der Waals surface area contributed by atoms with Gasteiger partial charge in [-0.2, -0.15) is 0 Å². The van der Waals surface area contributed by atoms with Crippen LogP contribution in [0.3, 0.4) is 0 Å². The maximum absolute atomic E-state index is 14.1. The molecule has 0 saturated heterocycles. The lowest BCUT2D eigenvalue weighted by molar-refractivity contribution is 0.383.